The third kappa shape index (κ3) is 3.51. The molecule has 1 aromatic rings. The minimum absolute atomic E-state index is 0.115. The third-order valence-corrected chi connectivity index (χ3v) is 4.35. The van der Waals surface area contributed by atoms with Gasteiger partial charge in [-0.25, -0.2) is 4.79 Å². The van der Waals surface area contributed by atoms with E-state index in [1.807, 2.05) is 0 Å². The lowest BCUT2D eigenvalue weighted by atomic mass is 10.0. The number of rotatable bonds is 6. The topological polar surface area (TPSA) is 91.3 Å². The van der Waals surface area contributed by atoms with Crippen molar-refractivity contribution in [3.8, 4) is 0 Å². The molecule has 0 bridgehead atoms. The molecular weight excluding hydrogens is 270 g/mol. The molecule has 0 aromatic carbocycles. The molecule has 0 aliphatic heterocycles. The number of anilines is 1. The molecule has 1 aromatic heterocycles. The molecule has 2 saturated carbocycles. The molecule has 2 aliphatic carbocycles. The Balaban J connectivity index is 1.47. The van der Waals surface area contributed by atoms with Crippen molar-refractivity contribution in [3.63, 3.8) is 0 Å². The summed E-state index contributed by atoms with van der Waals surface area (Å²) in [5.41, 5.74) is 1.41. The van der Waals surface area contributed by atoms with Crippen molar-refractivity contribution in [3.05, 3.63) is 24.0 Å². The van der Waals surface area contributed by atoms with Crippen molar-refractivity contribution >= 4 is 17.7 Å². The van der Waals surface area contributed by atoms with Crippen molar-refractivity contribution < 1.29 is 14.7 Å². The fourth-order valence-electron chi connectivity index (χ4n) is 2.78. The van der Waals surface area contributed by atoms with Gasteiger partial charge in [-0.15, -0.1) is 0 Å². The Bertz CT molecular complexity index is 548. The van der Waals surface area contributed by atoms with Crippen LogP contribution in [-0.4, -0.2) is 28.6 Å². The number of urea groups is 1. The second-order valence-electron chi connectivity index (χ2n) is 6.05. The molecule has 0 saturated heterocycles. The van der Waals surface area contributed by atoms with Crippen molar-refractivity contribution in [2.24, 2.45) is 11.3 Å². The molecule has 21 heavy (non-hydrogen) atoms. The van der Waals surface area contributed by atoms with Crippen molar-refractivity contribution in [1.29, 1.82) is 0 Å². The van der Waals surface area contributed by atoms with Crippen LogP contribution in [0.5, 0.6) is 0 Å². The zero-order chi connectivity index (χ0) is 14.9. The van der Waals surface area contributed by atoms with Crippen LogP contribution < -0.4 is 10.6 Å². The maximum absolute atomic E-state index is 11.8. The van der Waals surface area contributed by atoms with Crippen LogP contribution >= 0.6 is 0 Å². The van der Waals surface area contributed by atoms with E-state index in [0.29, 0.717) is 16.8 Å². The highest BCUT2D eigenvalue weighted by molar-refractivity contribution is 5.89. The van der Waals surface area contributed by atoms with Crippen LogP contribution in [0.2, 0.25) is 0 Å². The van der Waals surface area contributed by atoms with E-state index in [0.717, 1.165) is 12.5 Å². The second-order valence-corrected chi connectivity index (χ2v) is 6.05. The van der Waals surface area contributed by atoms with E-state index in [4.69, 9.17) is 5.11 Å². The van der Waals surface area contributed by atoms with Crippen LogP contribution in [0.3, 0.4) is 0 Å². The van der Waals surface area contributed by atoms with E-state index >= 15 is 0 Å². The number of carboxylic acids is 1. The van der Waals surface area contributed by atoms with Crippen molar-refractivity contribution in [2.45, 2.75) is 32.1 Å². The molecule has 0 radical (unpaired) electrons. The molecule has 0 atom stereocenters. The monoisotopic (exact) mass is 289 g/mol. The molecule has 3 N–H and O–H groups in total. The lowest BCUT2D eigenvalue weighted by Gasteiger charge is -2.15. The molecule has 3 rings (SSSR count). The summed E-state index contributed by atoms with van der Waals surface area (Å²) in [6.07, 6.45) is 6.42. The van der Waals surface area contributed by atoms with Gasteiger partial charge >= 0.3 is 12.0 Å². The molecule has 6 heteroatoms. The third-order valence-electron chi connectivity index (χ3n) is 4.35. The van der Waals surface area contributed by atoms with E-state index in [2.05, 4.69) is 15.6 Å². The fraction of sp³-hybridized carbons (Fsp3) is 0.533. The van der Waals surface area contributed by atoms with Gasteiger partial charge < -0.3 is 15.7 Å². The lowest BCUT2D eigenvalue weighted by Crippen LogP contribution is -2.34. The first-order chi connectivity index (χ1) is 10.1. The number of nitrogens with one attached hydrogen (secondary N) is 2. The van der Waals surface area contributed by atoms with Gasteiger partial charge in [0.2, 0.25) is 0 Å². The highest BCUT2D eigenvalue weighted by atomic mass is 16.4. The van der Waals surface area contributed by atoms with Crippen molar-refractivity contribution in [2.75, 3.05) is 11.9 Å². The van der Waals surface area contributed by atoms with Crippen LogP contribution in [0.25, 0.3) is 0 Å². The van der Waals surface area contributed by atoms with E-state index < -0.39 is 5.97 Å². The lowest BCUT2D eigenvalue weighted by molar-refractivity contribution is -0.136. The number of nitrogens with zero attached hydrogens (tertiary/aromatic N) is 1. The maximum Gasteiger partial charge on any atom is 0.319 e. The molecule has 6 nitrogen and oxygen atoms in total. The molecule has 2 aliphatic rings. The molecule has 1 heterocycles. The number of carboxylic acid groups (broad SMARTS) is 1. The predicted molar refractivity (Wildman–Crippen MR) is 77.0 cm³/mol. The summed E-state index contributed by atoms with van der Waals surface area (Å²) in [5.74, 6) is -0.106. The summed E-state index contributed by atoms with van der Waals surface area (Å²) >= 11 is 0. The van der Waals surface area contributed by atoms with E-state index in [1.165, 1.54) is 31.9 Å². The molecule has 0 unspecified atom stereocenters. The number of pyridine rings is 1. The maximum atomic E-state index is 11.8. The van der Waals surface area contributed by atoms with Crippen LogP contribution in [0, 0.1) is 11.3 Å². The van der Waals surface area contributed by atoms with Gasteiger partial charge in [-0.05, 0) is 49.1 Å². The summed E-state index contributed by atoms with van der Waals surface area (Å²) in [6, 6.07) is 3.05. The Morgan fingerprint density at radius 1 is 1.33 bits per heavy atom. The first-order valence-electron chi connectivity index (χ1n) is 7.29. The Labute approximate surface area is 123 Å². The number of carbonyl (C=O) groups excluding carboxylic acids is 1. The quantitative estimate of drug-likeness (QED) is 0.747. The van der Waals surface area contributed by atoms with Gasteiger partial charge in [-0.3, -0.25) is 9.78 Å². The van der Waals surface area contributed by atoms with Gasteiger partial charge in [-0.2, -0.15) is 0 Å². The van der Waals surface area contributed by atoms with Crippen LogP contribution in [0.15, 0.2) is 18.3 Å². The first kappa shape index (κ1) is 13.9. The normalized spacial score (nSPS) is 18.9. The average Bonchev–Trinajstić information content (AvgIpc) is 3.31. The van der Waals surface area contributed by atoms with Gasteiger partial charge in [0.1, 0.15) is 0 Å². The van der Waals surface area contributed by atoms with Gasteiger partial charge in [0.05, 0.1) is 24.0 Å². The number of aliphatic carboxylic acids is 1. The smallest absolute Gasteiger partial charge is 0.319 e. The van der Waals surface area contributed by atoms with Gasteiger partial charge in [-0.1, -0.05) is 0 Å². The zero-order valence-corrected chi connectivity index (χ0v) is 11.8. The Morgan fingerprint density at radius 2 is 2.10 bits per heavy atom. The largest absolute Gasteiger partial charge is 0.481 e. The summed E-state index contributed by atoms with van der Waals surface area (Å²) < 4.78 is 0. The number of hydrogen-bond donors (Lipinski definition) is 3. The SMILES string of the molecule is O=C(O)Cc1ccc(NC(=O)NCC2(C3CC3)CC2)cn1. The molecule has 2 fully saturated rings. The van der Waals surface area contributed by atoms with E-state index in [1.54, 1.807) is 12.1 Å². The molecule has 112 valence electrons. The first-order valence-corrected chi connectivity index (χ1v) is 7.29. The average molecular weight is 289 g/mol. The standard InChI is InChI=1S/C15H19N3O3/c19-13(20)7-11-3-4-12(8-16-11)18-14(21)17-9-15(5-6-15)10-1-2-10/h3-4,8,10H,1-2,5-7,9H2,(H,19,20)(H2,17,18,21). The number of hydrogen-bond acceptors (Lipinski definition) is 3. The Morgan fingerprint density at radius 3 is 2.62 bits per heavy atom. The highest BCUT2D eigenvalue weighted by Gasteiger charge is 2.53. The Hall–Kier alpha value is -2.11. The van der Waals surface area contributed by atoms with E-state index in [9.17, 15) is 9.59 Å². The minimum Gasteiger partial charge on any atom is -0.481 e. The number of carbonyl (C=O) groups is 2. The zero-order valence-electron chi connectivity index (χ0n) is 11.8. The second kappa shape index (κ2) is 5.35. The Kier molecular flexibility index (Phi) is 3.53. The molecular formula is C15H19N3O3. The molecule has 0 spiro atoms. The number of aromatic nitrogens is 1. The summed E-state index contributed by atoms with van der Waals surface area (Å²) in [7, 11) is 0. The van der Waals surface area contributed by atoms with E-state index in [-0.39, 0.29) is 12.5 Å². The van der Waals surface area contributed by atoms with Crippen molar-refractivity contribution in [1.82, 2.24) is 10.3 Å². The fourth-order valence-corrected chi connectivity index (χ4v) is 2.78. The summed E-state index contributed by atoms with van der Waals surface area (Å²) in [4.78, 5) is 26.4. The highest BCUT2D eigenvalue weighted by Crippen LogP contribution is 2.60. The predicted octanol–water partition coefficient (Wildman–Crippen LogP) is 2.02. The summed E-state index contributed by atoms with van der Waals surface area (Å²) in [5, 5.41) is 14.3. The summed E-state index contributed by atoms with van der Waals surface area (Å²) in [6.45, 7) is 0.744. The van der Waals surface area contributed by atoms with Crippen LogP contribution in [0.1, 0.15) is 31.4 Å². The van der Waals surface area contributed by atoms with Gasteiger partial charge in [0.15, 0.2) is 0 Å². The van der Waals surface area contributed by atoms with Gasteiger partial charge in [0, 0.05) is 6.54 Å². The van der Waals surface area contributed by atoms with Crippen LogP contribution in [0.4, 0.5) is 10.5 Å². The van der Waals surface area contributed by atoms with Crippen LogP contribution in [-0.2, 0) is 11.2 Å². The minimum atomic E-state index is -0.921. The molecule has 2 amide bonds. The van der Waals surface area contributed by atoms with Gasteiger partial charge in [0.25, 0.3) is 0 Å². The number of amides is 2.